The largest absolute Gasteiger partial charge is 0.527 e. The fourth-order valence-corrected chi connectivity index (χ4v) is 3.76. The summed E-state index contributed by atoms with van der Waals surface area (Å²) in [6.45, 7) is 14.2. The van der Waals surface area contributed by atoms with Crippen LogP contribution in [-0.4, -0.2) is 36.0 Å². The van der Waals surface area contributed by atoms with Crippen molar-refractivity contribution >= 4 is 7.82 Å². The average Bonchev–Trinajstić information content (AvgIpc) is 2.70. The first kappa shape index (κ1) is 28.1. The van der Waals surface area contributed by atoms with Crippen LogP contribution >= 0.6 is 7.82 Å². The van der Waals surface area contributed by atoms with E-state index in [-0.39, 0.29) is 6.61 Å². The Bertz CT molecular complexity index is 527. The van der Waals surface area contributed by atoms with Gasteiger partial charge in [0.2, 0.25) is 0 Å². The lowest BCUT2D eigenvalue weighted by atomic mass is 10.0. The molecule has 0 saturated heterocycles. The Kier molecular flexibility index (Phi) is 17.4. The average molecular weight is 430 g/mol. The van der Waals surface area contributed by atoms with Gasteiger partial charge in [0.15, 0.2) is 0 Å². The van der Waals surface area contributed by atoms with Crippen molar-refractivity contribution < 1.29 is 18.5 Å². The predicted molar refractivity (Wildman–Crippen MR) is 124 cm³/mol. The highest BCUT2D eigenvalue weighted by Crippen LogP contribution is 2.43. The summed E-state index contributed by atoms with van der Waals surface area (Å²) >= 11 is 0. The minimum Gasteiger partial charge on any atom is -0.404 e. The summed E-state index contributed by atoms with van der Waals surface area (Å²) in [5.41, 5.74) is 1.23. The summed E-state index contributed by atoms with van der Waals surface area (Å²) in [7, 11) is -3.97. The Labute approximate surface area is 179 Å². The predicted octanol–water partition coefficient (Wildman–Crippen LogP) is 6.84. The molecule has 1 unspecified atom stereocenters. The van der Waals surface area contributed by atoms with Crippen molar-refractivity contribution in [2.24, 2.45) is 0 Å². The third kappa shape index (κ3) is 15.6. The van der Waals surface area contributed by atoms with E-state index in [4.69, 9.17) is 4.52 Å². The molecular formula is C23H44NO4P. The minimum atomic E-state index is -3.97. The van der Waals surface area contributed by atoms with E-state index in [1.807, 2.05) is 12.1 Å². The van der Waals surface area contributed by atoms with Gasteiger partial charge < -0.3 is 9.42 Å². The van der Waals surface area contributed by atoms with E-state index in [1.54, 1.807) is 19.1 Å². The topological polar surface area (TPSA) is 59.0 Å². The zero-order valence-corrected chi connectivity index (χ0v) is 20.3. The lowest BCUT2D eigenvalue weighted by molar-refractivity contribution is 0.213. The Balaban J connectivity index is 0.000000956. The maximum atomic E-state index is 11.5. The fourth-order valence-electron chi connectivity index (χ4n) is 3.00. The first-order chi connectivity index (χ1) is 13.9. The van der Waals surface area contributed by atoms with Crippen LogP contribution in [0.5, 0.6) is 5.75 Å². The summed E-state index contributed by atoms with van der Waals surface area (Å²) < 4.78 is 21.1. The summed E-state index contributed by atoms with van der Waals surface area (Å²) in [5, 5.41) is 0. The third-order valence-electron chi connectivity index (χ3n) is 4.85. The number of aryl methyl sites for hydroxylation is 1. The van der Waals surface area contributed by atoms with Crippen molar-refractivity contribution in [2.75, 3.05) is 26.2 Å². The van der Waals surface area contributed by atoms with E-state index < -0.39 is 7.82 Å². The molecule has 5 nitrogen and oxygen atoms in total. The van der Waals surface area contributed by atoms with Gasteiger partial charge in [-0.15, -0.1) is 0 Å². The van der Waals surface area contributed by atoms with E-state index in [9.17, 15) is 9.46 Å². The maximum Gasteiger partial charge on any atom is 0.527 e. The van der Waals surface area contributed by atoms with E-state index in [0.717, 1.165) is 6.42 Å². The molecule has 0 saturated carbocycles. The number of unbranched alkanes of at least 4 members (excludes halogenated alkanes) is 6. The summed E-state index contributed by atoms with van der Waals surface area (Å²) in [6, 6.07) is 7.33. The van der Waals surface area contributed by atoms with Gasteiger partial charge in [-0.25, -0.2) is 4.57 Å². The van der Waals surface area contributed by atoms with E-state index in [2.05, 4.69) is 37.1 Å². The van der Waals surface area contributed by atoms with Crippen LogP contribution in [0.2, 0.25) is 0 Å². The highest BCUT2D eigenvalue weighted by Gasteiger charge is 2.21. The maximum absolute atomic E-state index is 11.5. The first-order valence-corrected chi connectivity index (χ1v) is 12.9. The normalized spacial score (nSPS) is 12.9. The summed E-state index contributed by atoms with van der Waals surface area (Å²) in [6.07, 6.45) is 10.1. The van der Waals surface area contributed by atoms with E-state index >= 15 is 0 Å². The molecule has 1 aromatic carbocycles. The second-order valence-electron chi connectivity index (χ2n) is 7.11. The van der Waals surface area contributed by atoms with Crippen molar-refractivity contribution in [3.8, 4) is 5.75 Å². The molecule has 0 spiro atoms. The Morgan fingerprint density at radius 3 is 1.79 bits per heavy atom. The first-order valence-electron chi connectivity index (χ1n) is 11.4. The van der Waals surface area contributed by atoms with Crippen molar-refractivity contribution in [3.05, 3.63) is 29.8 Å². The number of phosphoric acid groups is 1. The molecule has 1 rings (SSSR count). The minimum absolute atomic E-state index is 0.143. The highest BCUT2D eigenvalue weighted by molar-refractivity contribution is 7.47. The molecule has 0 aliphatic rings. The van der Waals surface area contributed by atoms with Crippen molar-refractivity contribution in [2.45, 2.75) is 86.0 Å². The number of rotatable bonds is 15. The zero-order chi connectivity index (χ0) is 22.0. The van der Waals surface area contributed by atoms with E-state index in [0.29, 0.717) is 5.75 Å². The number of nitrogens with zero attached hydrogens (tertiary/aromatic N) is 1. The molecule has 1 aromatic rings. The molecule has 0 aliphatic heterocycles. The molecule has 0 aliphatic carbocycles. The standard InChI is InChI=1S/C17H29O4P.C6H15N/c1-3-5-6-7-8-9-10-11-16-12-14-17(15-13-16)21-22(18,19)20-4-2;1-4-7(5-2)6-3/h12-15H,3-11H2,1-2H3,(H,18,19);4-6H2,1-3H3. The van der Waals surface area contributed by atoms with Gasteiger partial charge in [-0.1, -0.05) is 78.4 Å². The fraction of sp³-hybridized carbons (Fsp3) is 0.739. The van der Waals surface area contributed by atoms with Gasteiger partial charge in [0.1, 0.15) is 5.75 Å². The molecule has 0 radical (unpaired) electrons. The molecule has 0 bridgehead atoms. The molecule has 0 fully saturated rings. The lowest BCUT2D eigenvalue weighted by Gasteiger charge is -2.13. The molecule has 1 atom stereocenters. The molecule has 6 heteroatoms. The van der Waals surface area contributed by atoms with Gasteiger partial charge in [-0.05, 0) is 57.1 Å². The van der Waals surface area contributed by atoms with Gasteiger partial charge in [-0.3, -0.25) is 9.42 Å². The van der Waals surface area contributed by atoms with Crippen molar-refractivity contribution in [1.29, 1.82) is 0 Å². The van der Waals surface area contributed by atoms with Crippen LogP contribution in [0, 0.1) is 0 Å². The molecular weight excluding hydrogens is 385 g/mol. The highest BCUT2D eigenvalue weighted by atomic mass is 31.2. The second kappa shape index (κ2) is 17.9. The Morgan fingerprint density at radius 2 is 1.34 bits per heavy atom. The van der Waals surface area contributed by atoms with Crippen LogP contribution < -0.4 is 4.52 Å². The van der Waals surface area contributed by atoms with Crippen LogP contribution in [0.4, 0.5) is 0 Å². The SMILES string of the molecule is CCCCCCCCCc1ccc(OP(=O)(O)OCC)cc1.CCN(CC)CC. The van der Waals surface area contributed by atoms with Crippen LogP contribution in [0.1, 0.15) is 85.1 Å². The molecule has 29 heavy (non-hydrogen) atoms. The van der Waals surface area contributed by atoms with Gasteiger partial charge in [0.05, 0.1) is 6.61 Å². The smallest absolute Gasteiger partial charge is 0.404 e. The third-order valence-corrected chi connectivity index (χ3v) is 5.87. The monoisotopic (exact) mass is 429 g/mol. The number of phosphoric ester groups is 1. The van der Waals surface area contributed by atoms with Gasteiger partial charge >= 0.3 is 7.82 Å². The molecule has 0 aromatic heterocycles. The van der Waals surface area contributed by atoms with Gasteiger partial charge in [0.25, 0.3) is 0 Å². The molecule has 0 heterocycles. The number of benzene rings is 1. The quantitative estimate of drug-likeness (QED) is 0.244. The Hall–Kier alpha value is -0.870. The number of hydrogen-bond acceptors (Lipinski definition) is 4. The lowest BCUT2D eigenvalue weighted by Crippen LogP contribution is -2.21. The van der Waals surface area contributed by atoms with Crippen LogP contribution in [0.15, 0.2) is 24.3 Å². The molecule has 170 valence electrons. The van der Waals surface area contributed by atoms with Crippen LogP contribution in [0.3, 0.4) is 0 Å². The van der Waals surface area contributed by atoms with Crippen LogP contribution in [-0.2, 0) is 15.5 Å². The second-order valence-corrected chi connectivity index (χ2v) is 8.49. The van der Waals surface area contributed by atoms with Gasteiger partial charge in [0, 0.05) is 0 Å². The summed E-state index contributed by atoms with van der Waals surface area (Å²) in [4.78, 5) is 11.8. The number of hydrogen-bond donors (Lipinski definition) is 1. The molecule has 1 N–H and O–H groups in total. The Morgan fingerprint density at radius 1 is 0.828 bits per heavy atom. The van der Waals surface area contributed by atoms with Crippen LogP contribution in [0.25, 0.3) is 0 Å². The molecule has 0 amide bonds. The zero-order valence-electron chi connectivity index (χ0n) is 19.4. The van der Waals surface area contributed by atoms with Crippen molar-refractivity contribution in [1.82, 2.24) is 4.90 Å². The van der Waals surface area contributed by atoms with Crippen molar-refractivity contribution in [3.63, 3.8) is 0 Å². The summed E-state index contributed by atoms with van der Waals surface area (Å²) in [5.74, 6) is 0.364. The van der Waals surface area contributed by atoms with E-state index in [1.165, 1.54) is 70.1 Å². The van der Waals surface area contributed by atoms with Gasteiger partial charge in [-0.2, -0.15) is 0 Å².